The molecule has 0 spiro atoms. The third-order valence-corrected chi connectivity index (χ3v) is 3.68. The quantitative estimate of drug-likeness (QED) is 0.860. The first kappa shape index (κ1) is 10.7. The molecule has 1 aromatic carbocycles. The van der Waals surface area contributed by atoms with Gasteiger partial charge in [0.15, 0.2) is 0 Å². The Hall–Kier alpha value is -1.48. The third-order valence-electron chi connectivity index (χ3n) is 3.68. The lowest BCUT2D eigenvalue weighted by molar-refractivity contribution is 0.246. The molecule has 0 bridgehead atoms. The summed E-state index contributed by atoms with van der Waals surface area (Å²) in [6.45, 7) is 5.84. The first-order valence-corrected chi connectivity index (χ1v) is 6.19. The van der Waals surface area contributed by atoms with E-state index in [9.17, 15) is 0 Å². The van der Waals surface area contributed by atoms with Gasteiger partial charge in [-0.2, -0.15) is 0 Å². The minimum atomic E-state index is 0.402. The molecule has 90 valence electrons. The molecule has 1 atom stereocenters. The van der Waals surface area contributed by atoms with Crippen LogP contribution in [0.2, 0.25) is 0 Å². The molecule has 0 aliphatic carbocycles. The highest BCUT2D eigenvalue weighted by atomic mass is 16.5. The smallest absolute Gasteiger partial charge is 0.143 e. The Morgan fingerprint density at radius 3 is 3.06 bits per heavy atom. The van der Waals surface area contributed by atoms with Crippen molar-refractivity contribution >= 4 is 10.9 Å². The van der Waals surface area contributed by atoms with E-state index in [0.29, 0.717) is 12.6 Å². The van der Waals surface area contributed by atoms with Crippen molar-refractivity contribution in [3.8, 4) is 5.75 Å². The largest absolute Gasteiger partial charge is 0.489 e. The molecule has 0 fully saturated rings. The predicted molar refractivity (Wildman–Crippen MR) is 69.6 cm³/mol. The number of hydrogen-bond donors (Lipinski definition) is 1. The Morgan fingerprint density at radius 2 is 2.29 bits per heavy atom. The molecule has 3 nitrogen and oxygen atoms in total. The van der Waals surface area contributed by atoms with Crippen molar-refractivity contribution in [2.75, 3.05) is 13.2 Å². The molecular formula is C14H18N2O. The van der Waals surface area contributed by atoms with Crippen molar-refractivity contribution in [1.29, 1.82) is 0 Å². The molecule has 1 aliphatic rings. The summed E-state index contributed by atoms with van der Waals surface area (Å²) in [5, 5.41) is 1.30. The van der Waals surface area contributed by atoms with Gasteiger partial charge in [0.2, 0.25) is 0 Å². The van der Waals surface area contributed by atoms with Gasteiger partial charge >= 0.3 is 0 Å². The number of ether oxygens (including phenoxy) is 1. The lowest BCUT2D eigenvalue weighted by Crippen LogP contribution is -2.20. The van der Waals surface area contributed by atoms with Gasteiger partial charge in [-0.1, -0.05) is 12.1 Å². The van der Waals surface area contributed by atoms with Crippen LogP contribution in [0.15, 0.2) is 18.2 Å². The van der Waals surface area contributed by atoms with Gasteiger partial charge in [-0.15, -0.1) is 0 Å². The summed E-state index contributed by atoms with van der Waals surface area (Å²) in [6, 6.07) is 6.70. The second-order valence-electron chi connectivity index (χ2n) is 4.78. The van der Waals surface area contributed by atoms with Gasteiger partial charge in [-0.25, -0.2) is 0 Å². The van der Waals surface area contributed by atoms with E-state index in [4.69, 9.17) is 10.5 Å². The van der Waals surface area contributed by atoms with Crippen molar-refractivity contribution in [1.82, 2.24) is 4.57 Å². The maximum absolute atomic E-state index is 5.80. The first-order chi connectivity index (χ1) is 8.24. The van der Waals surface area contributed by atoms with Gasteiger partial charge in [-0.3, -0.25) is 0 Å². The predicted octanol–water partition coefficient (Wildman–Crippen LogP) is 2.40. The number of nitrogens with zero attached hydrogens (tertiary/aromatic N) is 1. The summed E-state index contributed by atoms with van der Waals surface area (Å²) in [5.74, 6) is 1.01. The normalized spacial score (nSPS) is 18.4. The maximum Gasteiger partial charge on any atom is 0.143 e. The van der Waals surface area contributed by atoms with Crippen LogP contribution in [0.5, 0.6) is 5.75 Å². The van der Waals surface area contributed by atoms with Crippen molar-refractivity contribution in [3.05, 3.63) is 29.5 Å². The molecule has 3 heteroatoms. The molecule has 2 aromatic rings. The number of rotatable bonds is 2. The summed E-state index contributed by atoms with van der Waals surface area (Å²) in [6.07, 6.45) is 0.936. The van der Waals surface area contributed by atoms with Gasteiger partial charge in [0.1, 0.15) is 12.4 Å². The fraction of sp³-hybridized carbons (Fsp3) is 0.429. The maximum atomic E-state index is 5.80. The molecule has 3 rings (SSSR count). The molecular weight excluding hydrogens is 212 g/mol. The summed E-state index contributed by atoms with van der Waals surface area (Å²) in [7, 11) is 0. The van der Waals surface area contributed by atoms with Crippen LogP contribution in [0.1, 0.15) is 24.2 Å². The molecule has 2 heterocycles. The zero-order valence-electron chi connectivity index (χ0n) is 10.4. The molecule has 1 unspecified atom stereocenters. The molecule has 0 amide bonds. The summed E-state index contributed by atoms with van der Waals surface area (Å²) in [4.78, 5) is 0. The van der Waals surface area contributed by atoms with Crippen LogP contribution in [0.25, 0.3) is 10.9 Å². The molecule has 0 radical (unpaired) electrons. The van der Waals surface area contributed by atoms with Crippen LogP contribution in [0.4, 0.5) is 0 Å². The minimum absolute atomic E-state index is 0.402. The van der Waals surface area contributed by atoms with E-state index in [2.05, 4.69) is 36.6 Å². The second-order valence-corrected chi connectivity index (χ2v) is 4.78. The highest BCUT2D eigenvalue weighted by Gasteiger charge is 2.24. The molecule has 0 saturated heterocycles. The topological polar surface area (TPSA) is 40.2 Å². The Labute approximate surface area is 101 Å². The van der Waals surface area contributed by atoms with Crippen molar-refractivity contribution in [2.45, 2.75) is 26.3 Å². The molecule has 1 aromatic heterocycles. The number of nitrogens with two attached hydrogens (primary N) is 1. The van der Waals surface area contributed by atoms with E-state index < -0.39 is 0 Å². The van der Waals surface area contributed by atoms with Crippen molar-refractivity contribution < 1.29 is 4.74 Å². The highest BCUT2D eigenvalue weighted by Crippen LogP contribution is 2.38. The van der Waals surface area contributed by atoms with E-state index in [1.807, 2.05) is 0 Å². The van der Waals surface area contributed by atoms with Gasteiger partial charge in [0.25, 0.3) is 0 Å². The Kier molecular flexibility index (Phi) is 2.37. The second kappa shape index (κ2) is 3.77. The van der Waals surface area contributed by atoms with Gasteiger partial charge in [0, 0.05) is 11.1 Å². The van der Waals surface area contributed by atoms with E-state index in [1.54, 1.807) is 0 Å². The van der Waals surface area contributed by atoms with E-state index >= 15 is 0 Å². The van der Waals surface area contributed by atoms with Crippen LogP contribution in [0.3, 0.4) is 0 Å². The van der Waals surface area contributed by atoms with E-state index in [1.165, 1.54) is 22.2 Å². The van der Waals surface area contributed by atoms with Gasteiger partial charge < -0.3 is 15.0 Å². The molecule has 0 saturated carbocycles. The standard InChI is InChI=1S/C14H18N2O/c1-9-8-17-13-5-3-4-12-11(6-7-15)10(2)16(9)14(12)13/h3-5,9H,6-8,15H2,1-2H3. The Morgan fingerprint density at radius 1 is 1.47 bits per heavy atom. The van der Waals surface area contributed by atoms with Crippen LogP contribution in [-0.4, -0.2) is 17.7 Å². The van der Waals surface area contributed by atoms with Gasteiger partial charge in [-0.05, 0) is 38.4 Å². The SMILES string of the molecule is Cc1c(CCN)c2cccc3c2n1C(C)CO3. The lowest BCUT2D eigenvalue weighted by atomic mass is 10.1. The number of hydrogen-bond acceptors (Lipinski definition) is 2. The van der Waals surface area contributed by atoms with Crippen molar-refractivity contribution in [3.63, 3.8) is 0 Å². The third kappa shape index (κ3) is 1.39. The average molecular weight is 230 g/mol. The van der Waals surface area contributed by atoms with Crippen LogP contribution >= 0.6 is 0 Å². The van der Waals surface area contributed by atoms with Crippen LogP contribution < -0.4 is 10.5 Å². The van der Waals surface area contributed by atoms with Gasteiger partial charge in [0.05, 0.1) is 11.6 Å². The Bertz CT molecular complexity index is 571. The zero-order chi connectivity index (χ0) is 12.0. The van der Waals surface area contributed by atoms with E-state index in [0.717, 1.165) is 18.8 Å². The molecule has 2 N–H and O–H groups in total. The number of aromatic nitrogens is 1. The fourth-order valence-corrected chi connectivity index (χ4v) is 2.93. The molecule has 1 aliphatic heterocycles. The Balaban J connectivity index is 2.38. The van der Waals surface area contributed by atoms with Crippen molar-refractivity contribution in [2.24, 2.45) is 5.73 Å². The summed E-state index contributed by atoms with van der Waals surface area (Å²) < 4.78 is 8.20. The summed E-state index contributed by atoms with van der Waals surface area (Å²) in [5.41, 5.74) is 9.68. The number of benzene rings is 1. The first-order valence-electron chi connectivity index (χ1n) is 6.19. The van der Waals surface area contributed by atoms with E-state index in [-0.39, 0.29) is 0 Å². The highest BCUT2D eigenvalue weighted by molar-refractivity contribution is 5.91. The zero-order valence-corrected chi connectivity index (χ0v) is 10.4. The lowest BCUT2D eigenvalue weighted by Gasteiger charge is -2.24. The number of para-hydroxylation sites is 1. The summed E-state index contributed by atoms with van der Waals surface area (Å²) >= 11 is 0. The minimum Gasteiger partial charge on any atom is -0.489 e. The van der Waals surface area contributed by atoms with Crippen LogP contribution in [0, 0.1) is 6.92 Å². The van der Waals surface area contributed by atoms with Crippen LogP contribution in [-0.2, 0) is 6.42 Å². The fourth-order valence-electron chi connectivity index (χ4n) is 2.93. The molecule has 17 heavy (non-hydrogen) atoms. The monoisotopic (exact) mass is 230 g/mol. The average Bonchev–Trinajstić information content (AvgIpc) is 2.61.